The zero-order valence-electron chi connectivity index (χ0n) is 5.99. The number of nitrogens with zero attached hydrogens (tertiary/aromatic N) is 1. The van der Waals surface area contributed by atoms with E-state index in [0.717, 1.165) is 11.4 Å². The van der Waals surface area contributed by atoms with E-state index in [0.29, 0.717) is 0 Å². The van der Waals surface area contributed by atoms with Gasteiger partial charge in [-0.1, -0.05) is 6.07 Å². The van der Waals surface area contributed by atoms with Gasteiger partial charge in [-0.15, -0.1) is 0 Å². The predicted molar refractivity (Wildman–Crippen MR) is 44.5 cm³/mol. The summed E-state index contributed by atoms with van der Waals surface area (Å²) in [6.45, 7) is 0. The highest BCUT2D eigenvalue weighted by atomic mass is 15.3. The molecule has 1 heterocycles. The maximum Gasteiger partial charge on any atom is 0.0644 e. The molecule has 1 aromatic carbocycles. The SMILES string of the molecule is Nc1cccc(-n2cc[nH]2)c1. The topological polar surface area (TPSA) is 46.7 Å². The zero-order valence-corrected chi connectivity index (χ0v) is 5.99. The minimum absolute atomic E-state index is 0.782. The van der Waals surface area contributed by atoms with Gasteiger partial charge in [0.05, 0.1) is 5.69 Å². The number of anilines is 1. The van der Waals surface area contributed by atoms with E-state index < -0.39 is 0 Å². The molecule has 0 fully saturated rings. The smallest absolute Gasteiger partial charge is 0.0644 e. The largest absolute Gasteiger partial charge is 0.399 e. The number of nitrogens with two attached hydrogens (primary N) is 1. The lowest BCUT2D eigenvalue weighted by Crippen LogP contribution is -2.03. The van der Waals surface area contributed by atoms with E-state index in [9.17, 15) is 0 Å². The number of hydrogen-bond acceptors (Lipinski definition) is 1. The molecule has 1 aromatic heterocycles. The third kappa shape index (κ3) is 1.00. The number of aromatic nitrogens is 2. The number of hydrogen-bond donors (Lipinski definition) is 2. The van der Waals surface area contributed by atoms with Crippen LogP contribution in [0, 0.1) is 0 Å². The average Bonchev–Trinajstić information content (AvgIpc) is 1.83. The van der Waals surface area contributed by atoms with Gasteiger partial charge in [-0.25, -0.2) is 0 Å². The molecule has 0 bridgehead atoms. The minimum atomic E-state index is 0.782. The normalized spacial score (nSPS) is 10.2. The third-order valence-electron chi connectivity index (χ3n) is 1.59. The molecule has 0 radical (unpaired) electrons. The van der Waals surface area contributed by atoms with Crippen LogP contribution < -0.4 is 5.73 Å². The van der Waals surface area contributed by atoms with E-state index in [1.54, 1.807) is 0 Å². The summed E-state index contributed by atoms with van der Waals surface area (Å²) in [4.78, 5) is 0. The van der Waals surface area contributed by atoms with Gasteiger partial charge in [-0.2, -0.15) is 0 Å². The van der Waals surface area contributed by atoms with Crippen LogP contribution >= 0.6 is 0 Å². The number of rotatable bonds is 1. The molecule has 2 aromatic rings. The van der Waals surface area contributed by atoms with Crippen molar-refractivity contribution >= 4 is 5.69 Å². The molecule has 56 valence electrons. The highest BCUT2D eigenvalue weighted by molar-refractivity contribution is 5.47. The Kier molecular flexibility index (Phi) is 1.22. The first kappa shape index (κ1) is 6.09. The number of aromatic amines is 1. The summed E-state index contributed by atoms with van der Waals surface area (Å²) in [6.07, 6.45) is 3.80. The van der Waals surface area contributed by atoms with Gasteiger partial charge in [0.1, 0.15) is 0 Å². The molecule has 0 amide bonds. The molecule has 0 aliphatic rings. The Bertz CT molecular complexity index is 336. The molecule has 0 saturated carbocycles. The first-order chi connectivity index (χ1) is 5.36. The molecule has 0 unspecified atom stereocenters. The van der Waals surface area contributed by atoms with Crippen LogP contribution in [0.15, 0.2) is 36.7 Å². The third-order valence-corrected chi connectivity index (χ3v) is 1.59. The Hall–Kier alpha value is -1.64. The number of H-pyrrole nitrogens is 1. The van der Waals surface area contributed by atoms with Crippen molar-refractivity contribution in [2.75, 3.05) is 5.73 Å². The monoisotopic (exact) mass is 147 g/mol. The second-order valence-corrected chi connectivity index (χ2v) is 2.41. The maximum absolute atomic E-state index is 5.60. The molecule has 0 saturated heterocycles. The molecule has 3 heteroatoms. The molecule has 2 rings (SSSR count). The Morgan fingerprint density at radius 2 is 2.18 bits per heavy atom. The van der Waals surface area contributed by atoms with Crippen molar-refractivity contribution in [2.45, 2.75) is 0 Å². The van der Waals surface area contributed by atoms with E-state index in [1.807, 2.05) is 41.3 Å². The lowest BCUT2D eigenvalue weighted by molar-refractivity contribution is 0.786. The Balaban J connectivity index is 2.44. The number of nitrogens with one attached hydrogen (secondary N) is 1. The van der Waals surface area contributed by atoms with Crippen molar-refractivity contribution in [3.8, 4) is 5.69 Å². The molecule has 11 heavy (non-hydrogen) atoms. The van der Waals surface area contributed by atoms with Crippen LogP contribution in [0.4, 0.5) is 5.69 Å². The second kappa shape index (κ2) is 2.20. The van der Waals surface area contributed by atoms with E-state index in [4.69, 9.17) is 5.73 Å². The summed E-state index contributed by atoms with van der Waals surface area (Å²) in [5.41, 5.74) is 7.44. The van der Waals surface area contributed by atoms with Crippen molar-refractivity contribution in [3.05, 3.63) is 36.7 Å². The highest BCUT2D eigenvalue weighted by Gasteiger charge is 1.94. The Morgan fingerprint density at radius 3 is 2.73 bits per heavy atom. The Morgan fingerprint density at radius 1 is 1.36 bits per heavy atom. The quantitative estimate of drug-likeness (QED) is 0.588. The molecule has 0 spiro atoms. The van der Waals surface area contributed by atoms with Gasteiger partial charge in [-0.05, 0) is 18.2 Å². The van der Waals surface area contributed by atoms with Crippen LogP contribution in [0.2, 0.25) is 0 Å². The summed E-state index contributed by atoms with van der Waals surface area (Å²) in [5, 5.41) is 2.99. The molecule has 3 nitrogen and oxygen atoms in total. The minimum Gasteiger partial charge on any atom is -0.399 e. The molecule has 0 atom stereocenters. The summed E-state index contributed by atoms with van der Waals surface area (Å²) >= 11 is 0. The van der Waals surface area contributed by atoms with Crippen LogP contribution in [0.25, 0.3) is 5.69 Å². The summed E-state index contributed by atoms with van der Waals surface area (Å²) in [6, 6.07) is 7.70. The predicted octanol–water partition coefficient (Wildman–Crippen LogP) is 1.39. The number of nitrogen functional groups attached to an aromatic ring is 1. The van der Waals surface area contributed by atoms with Gasteiger partial charge in [0.2, 0.25) is 0 Å². The first-order valence-corrected chi connectivity index (χ1v) is 3.44. The molecule has 3 N–H and O–H groups in total. The summed E-state index contributed by atoms with van der Waals surface area (Å²) < 4.78 is 1.90. The first-order valence-electron chi connectivity index (χ1n) is 3.44. The second-order valence-electron chi connectivity index (χ2n) is 2.41. The van der Waals surface area contributed by atoms with E-state index >= 15 is 0 Å². The highest BCUT2D eigenvalue weighted by Crippen LogP contribution is 2.10. The van der Waals surface area contributed by atoms with E-state index in [1.165, 1.54) is 0 Å². The van der Waals surface area contributed by atoms with E-state index in [-0.39, 0.29) is 0 Å². The van der Waals surface area contributed by atoms with Crippen molar-refractivity contribution < 1.29 is 0 Å². The average molecular weight is 147 g/mol. The maximum atomic E-state index is 5.60. The van der Waals surface area contributed by atoms with E-state index in [2.05, 4.69) is 5.10 Å². The van der Waals surface area contributed by atoms with Crippen molar-refractivity contribution in [3.63, 3.8) is 0 Å². The molecule has 0 aliphatic heterocycles. The van der Waals surface area contributed by atoms with Crippen molar-refractivity contribution in [1.29, 1.82) is 0 Å². The van der Waals surface area contributed by atoms with Gasteiger partial charge >= 0.3 is 0 Å². The number of benzene rings is 1. The summed E-state index contributed by atoms with van der Waals surface area (Å²) in [5.74, 6) is 0. The standard InChI is InChI=1S/C8H9N3/c9-7-2-1-3-8(6-7)11-5-4-10-11/h1-6,10H,9H2. The van der Waals surface area contributed by atoms with Gasteiger partial charge < -0.3 is 10.8 Å². The molecular weight excluding hydrogens is 138 g/mol. The van der Waals surface area contributed by atoms with Crippen LogP contribution in [-0.4, -0.2) is 9.78 Å². The van der Waals surface area contributed by atoms with Gasteiger partial charge in [-0.3, -0.25) is 4.68 Å². The van der Waals surface area contributed by atoms with Crippen LogP contribution in [0.3, 0.4) is 0 Å². The summed E-state index contributed by atoms with van der Waals surface area (Å²) in [7, 11) is 0. The van der Waals surface area contributed by atoms with Crippen LogP contribution in [-0.2, 0) is 0 Å². The lowest BCUT2D eigenvalue weighted by atomic mass is 10.3. The van der Waals surface area contributed by atoms with Crippen molar-refractivity contribution in [2.24, 2.45) is 0 Å². The van der Waals surface area contributed by atoms with Crippen LogP contribution in [0.5, 0.6) is 0 Å². The van der Waals surface area contributed by atoms with Gasteiger partial charge in [0.15, 0.2) is 0 Å². The molecular formula is C8H9N3. The fraction of sp³-hybridized carbons (Fsp3) is 0. The fourth-order valence-corrected chi connectivity index (χ4v) is 0.984. The lowest BCUT2D eigenvalue weighted by Gasteiger charge is -2.09. The van der Waals surface area contributed by atoms with Gasteiger partial charge in [0, 0.05) is 18.1 Å². The van der Waals surface area contributed by atoms with Gasteiger partial charge in [0.25, 0.3) is 0 Å². The van der Waals surface area contributed by atoms with Crippen molar-refractivity contribution in [1.82, 2.24) is 9.78 Å². The van der Waals surface area contributed by atoms with Crippen LogP contribution in [0.1, 0.15) is 0 Å². The Labute approximate surface area is 64.4 Å². The fourth-order valence-electron chi connectivity index (χ4n) is 0.984. The zero-order chi connectivity index (χ0) is 7.68. The molecule has 0 aliphatic carbocycles.